The number of aromatic nitrogens is 1. The topological polar surface area (TPSA) is 51.5 Å². The number of carboxylic acids is 1. The third-order valence-corrected chi connectivity index (χ3v) is 3.85. The van der Waals surface area contributed by atoms with E-state index in [4.69, 9.17) is 4.74 Å². The highest BCUT2D eigenvalue weighted by Gasteiger charge is 2.15. The second kappa shape index (κ2) is 6.54. The molecule has 0 fully saturated rings. The standard InChI is InChI=1S/C14H17NO3S/c1-18-9-3-2-8-15-11(13-5-4-10-19-13)6-7-12(15)14(16)17/h4-7,10H,2-3,8-9H2,1H3,(H,16,17). The van der Waals surface area contributed by atoms with Gasteiger partial charge in [-0.05, 0) is 36.4 Å². The van der Waals surface area contributed by atoms with Crippen LogP contribution in [-0.4, -0.2) is 29.4 Å². The summed E-state index contributed by atoms with van der Waals surface area (Å²) in [5.41, 5.74) is 1.32. The molecule has 0 aliphatic heterocycles. The number of carboxylic acid groups (broad SMARTS) is 1. The minimum atomic E-state index is -0.880. The van der Waals surface area contributed by atoms with Crippen molar-refractivity contribution in [3.8, 4) is 10.6 Å². The normalized spacial score (nSPS) is 10.8. The van der Waals surface area contributed by atoms with E-state index in [1.165, 1.54) is 0 Å². The van der Waals surface area contributed by atoms with Crippen molar-refractivity contribution in [2.45, 2.75) is 19.4 Å². The Bertz CT molecular complexity index is 531. The molecule has 4 nitrogen and oxygen atoms in total. The van der Waals surface area contributed by atoms with Crippen LogP contribution in [0.25, 0.3) is 10.6 Å². The van der Waals surface area contributed by atoms with Crippen LogP contribution in [0.5, 0.6) is 0 Å². The Hall–Kier alpha value is -1.59. The SMILES string of the molecule is COCCCCn1c(C(=O)O)ccc1-c1cccs1. The molecule has 0 radical (unpaired) electrons. The van der Waals surface area contributed by atoms with Crippen LogP contribution in [0.15, 0.2) is 29.6 Å². The van der Waals surface area contributed by atoms with Crippen molar-refractivity contribution in [2.75, 3.05) is 13.7 Å². The van der Waals surface area contributed by atoms with E-state index in [1.807, 2.05) is 28.1 Å². The van der Waals surface area contributed by atoms with E-state index in [0.29, 0.717) is 18.8 Å². The largest absolute Gasteiger partial charge is 0.477 e. The van der Waals surface area contributed by atoms with E-state index < -0.39 is 5.97 Å². The van der Waals surface area contributed by atoms with Gasteiger partial charge in [-0.3, -0.25) is 0 Å². The van der Waals surface area contributed by atoms with Crippen molar-refractivity contribution < 1.29 is 14.6 Å². The van der Waals surface area contributed by atoms with Gasteiger partial charge in [0.2, 0.25) is 0 Å². The molecule has 2 rings (SSSR count). The minimum Gasteiger partial charge on any atom is -0.477 e. The third-order valence-electron chi connectivity index (χ3n) is 2.95. The first-order valence-electron chi connectivity index (χ1n) is 6.19. The summed E-state index contributed by atoms with van der Waals surface area (Å²) in [5, 5.41) is 11.2. The molecule has 0 atom stereocenters. The molecule has 0 bridgehead atoms. The Labute approximate surface area is 116 Å². The summed E-state index contributed by atoms with van der Waals surface area (Å²) in [6, 6.07) is 7.54. The van der Waals surface area contributed by atoms with Gasteiger partial charge in [0.1, 0.15) is 5.69 Å². The zero-order valence-corrected chi connectivity index (χ0v) is 11.7. The molecule has 102 valence electrons. The molecule has 2 aromatic heterocycles. The van der Waals surface area contributed by atoms with Crippen LogP contribution in [0.2, 0.25) is 0 Å². The van der Waals surface area contributed by atoms with Crippen molar-refractivity contribution >= 4 is 17.3 Å². The number of hydrogen-bond acceptors (Lipinski definition) is 3. The van der Waals surface area contributed by atoms with Crippen molar-refractivity contribution in [3.05, 3.63) is 35.3 Å². The van der Waals surface area contributed by atoms with Crippen LogP contribution in [-0.2, 0) is 11.3 Å². The number of aromatic carboxylic acids is 1. The predicted molar refractivity (Wildman–Crippen MR) is 75.8 cm³/mol. The second-order valence-electron chi connectivity index (χ2n) is 4.24. The molecule has 1 N–H and O–H groups in total. The van der Waals surface area contributed by atoms with Gasteiger partial charge in [-0.15, -0.1) is 11.3 Å². The molecule has 19 heavy (non-hydrogen) atoms. The average Bonchev–Trinajstić information content (AvgIpc) is 3.02. The summed E-state index contributed by atoms with van der Waals surface area (Å²) in [4.78, 5) is 12.3. The lowest BCUT2D eigenvalue weighted by Crippen LogP contribution is -2.10. The summed E-state index contributed by atoms with van der Waals surface area (Å²) in [6.45, 7) is 1.41. The second-order valence-corrected chi connectivity index (χ2v) is 5.19. The fraction of sp³-hybridized carbons (Fsp3) is 0.357. The van der Waals surface area contributed by atoms with Gasteiger partial charge in [0.05, 0.1) is 10.6 Å². The fourth-order valence-corrected chi connectivity index (χ4v) is 2.81. The van der Waals surface area contributed by atoms with Crippen LogP contribution in [0.1, 0.15) is 23.3 Å². The van der Waals surface area contributed by atoms with E-state index in [-0.39, 0.29) is 0 Å². The molecule has 0 unspecified atom stereocenters. The zero-order valence-electron chi connectivity index (χ0n) is 10.8. The number of methoxy groups -OCH3 is 1. The molecule has 0 amide bonds. The Morgan fingerprint density at radius 3 is 2.84 bits per heavy atom. The van der Waals surface area contributed by atoms with E-state index in [9.17, 15) is 9.90 Å². The third kappa shape index (κ3) is 3.24. The van der Waals surface area contributed by atoms with E-state index >= 15 is 0 Å². The van der Waals surface area contributed by atoms with Crippen LogP contribution >= 0.6 is 11.3 Å². The summed E-state index contributed by atoms with van der Waals surface area (Å²) >= 11 is 1.62. The van der Waals surface area contributed by atoms with Crippen molar-refractivity contribution in [1.82, 2.24) is 4.57 Å². The van der Waals surface area contributed by atoms with Gasteiger partial charge < -0.3 is 14.4 Å². The highest BCUT2D eigenvalue weighted by Crippen LogP contribution is 2.27. The van der Waals surface area contributed by atoms with Crippen molar-refractivity contribution in [3.63, 3.8) is 0 Å². The number of rotatable bonds is 7. The first-order chi connectivity index (χ1) is 9.24. The maximum absolute atomic E-state index is 11.3. The molecular weight excluding hydrogens is 262 g/mol. The molecule has 5 heteroatoms. The number of unbranched alkanes of at least 4 members (excludes halogenated alkanes) is 1. The molecule has 0 aromatic carbocycles. The van der Waals surface area contributed by atoms with Crippen LogP contribution in [0.4, 0.5) is 0 Å². The predicted octanol–water partition coefficient (Wildman–Crippen LogP) is 3.34. The van der Waals surface area contributed by atoms with E-state index in [1.54, 1.807) is 24.5 Å². The van der Waals surface area contributed by atoms with Gasteiger partial charge in [0.25, 0.3) is 0 Å². The lowest BCUT2D eigenvalue weighted by atomic mass is 10.3. The molecule has 2 heterocycles. The van der Waals surface area contributed by atoms with E-state index in [0.717, 1.165) is 23.4 Å². The molecule has 0 aliphatic rings. The van der Waals surface area contributed by atoms with Crippen LogP contribution in [0.3, 0.4) is 0 Å². The Balaban J connectivity index is 2.21. The lowest BCUT2D eigenvalue weighted by Gasteiger charge is -2.10. The molecule has 2 aromatic rings. The van der Waals surface area contributed by atoms with Gasteiger partial charge in [0, 0.05) is 20.3 Å². The van der Waals surface area contributed by atoms with Gasteiger partial charge in [-0.1, -0.05) is 6.07 Å². The number of thiophene rings is 1. The van der Waals surface area contributed by atoms with E-state index in [2.05, 4.69) is 0 Å². The molecular formula is C14H17NO3S. The molecule has 0 saturated heterocycles. The lowest BCUT2D eigenvalue weighted by molar-refractivity contribution is 0.0685. The van der Waals surface area contributed by atoms with Gasteiger partial charge in [-0.25, -0.2) is 4.79 Å². The minimum absolute atomic E-state index is 0.348. The zero-order chi connectivity index (χ0) is 13.7. The maximum atomic E-state index is 11.3. The Kier molecular flexibility index (Phi) is 4.76. The number of ether oxygens (including phenoxy) is 1. The molecule has 0 aliphatic carbocycles. The summed E-state index contributed by atoms with van der Waals surface area (Å²) in [6.07, 6.45) is 1.83. The van der Waals surface area contributed by atoms with Crippen LogP contribution in [0, 0.1) is 0 Å². The smallest absolute Gasteiger partial charge is 0.352 e. The number of hydrogen-bond donors (Lipinski definition) is 1. The number of carbonyl (C=O) groups is 1. The van der Waals surface area contributed by atoms with Gasteiger partial charge in [0.15, 0.2) is 0 Å². The Morgan fingerprint density at radius 2 is 2.21 bits per heavy atom. The average molecular weight is 279 g/mol. The number of nitrogens with zero attached hydrogens (tertiary/aromatic N) is 1. The quantitative estimate of drug-likeness (QED) is 0.791. The highest BCUT2D eigenvalue weighted by atomic mass is 32.1. The first-order valence-corrected chi connectivity index (χ1v) is 7.07. The monoisotopic (exact) mass is 279 g/mol. The molecule has 0 spiro atoms. The summed E-state index contributed by atoms with van der Waals surface area (Å²) < 4.78 is 6.90. The fourth-order valence-electron chi connectivity index (χ4n) is 2.05. The highest BCUT2D eigenvalue weighted by molar-refractivity contribution is 7.13. The van der Waals surface area contributed by atoms with Crippen molar-refractivity contribution in [2.24, 2.45) is 0 Å². The first kappa shape index (κ1) is 13.8. The van der Waals surface area contributed by atoms with Crippen molar-refractivity contribution in [1.29, 1.82) is 0 Å². The van der Waals surface area contributed by atoms with Crippen LogP contribution < -0.4 is 0 Å². The van der Waals surface area contributed by atoms with Gasteiger partial charge >= 0.3 is 5.97 Å². The maximum Gasteiger partial charge on any atom is 0.352 e. The van der Waals surface area contributed by atoms with Gasteiger partial charge in [-0.2, -0.15) is 0 Å². The summed E-state index contributed by atoms with van der Waals surface area (Å²) in [7, 11) is 1.68. The molecule has 0 saturated carbocycles. The Morgan fingerprint density at radius 1 is 1.37 bits per heavy atom. The summed E-state index contributed by atoms with van der Waals surface area (Å²) in [5.74, 6) is -0.880.